The van der Waals surface area contributed by atoms with Gasteiger partial charge >= 0.3 is 5.43 Å². The highest BCUT2D eigenvalue weighted by molar-refractivity contribution is 6.61. The molecule has 0 N–H and O–H groups in total. The molecule has 12 heavy (non-hydrogen) atoms. The van der Waals surface area contributed by atoms with Crippen molar-refractivity contribution in [1.29, 1.82) is 0 Å². The third-order valence-electron chi connectivity index (χ3n) is 0.988. The number of hydrogen-bond acceptors (Lipinski definition) is 4. The van der Waals surface area contributed by atoms with E-state index in [9.17, 15) is 4.79 Å². The molecule has 0 aliphatic rings. The molecule has 0 saturated carbocycles. The summed E-state index contributed by atoms with van der Waals surface area (Å²) in [5.74, 6) is 0.0486. The zero-order chi connectivity index (χ0) is 9.14. The zero-order valence-electron chi connectivity index (χ0n) is 6.04. The second kappa shape index (κ2) is 3.69. The summed E-state index contributed by atoms with van der Waals surface area (Å²) < 4.78 is 4.47. The lowest BCUT2D eigenvalue weighted by Gasteiger charge is -1.99. The van der Waals surface area contributed by atoms with Crippen LogP contribution in [0.1, 0.15) is 5.69 Å². The van der Waals surface area contributed by atoms with Crippen LogP contribution in [0.3, 0.4) is 0 Å². The van der Waals surface area contributed by atoms with E-state index in [1.54, 1.807) is 6.92 Å². The van der Waals surface area contributed by atoms with Crippen LogP contribution in [0, 0.1) is 6.92 Å². The molecule has 0 radical (unpaired) electrons. The predicted molar refractivity (Wildman–Crippen MR) is 43.7 cm³/mol. The van der Waals surface area contributed by atoms with Crippen LogP contribution < -0.4 is 4.74 Å². The van der Waals surface area contributed by atoms with E-state index in [1.807, 2.05) is 0 Å². The smallest absolute Gasteiger partial charge is 0.395 e. The first-order valence-corrected chi connectivity index (χ1v) is 3.72. The van der Waals surface area contributed by atoms with Crippen LogP contribution in [0.15, 0.2) is 6.07 Å². The highest BCUT2D eigenvalue weighted by Gasteiger charge is 2.04. The van der Waals surface area contributed by atoms with E-state index in [-0.39, 0.29) is 11.2 Å². The Labute approximate surface area is 78.5 Å². The maximum Gasteiger partial charge on any atom is 0.410 e. The Morgan fingerprint density at radius 2 is 2.25 bits per heavy atom. The lowest BCUT2D eigenvalue weighted by atomic mass is 10.4. The molecule has 0 fully saturated rings. The number of ether oxygens (including phenoxy) is 1. The molecule has 1 rings (SSSR count). The lowest BCUT2D eigenvalue weighted by Crippen LogP contribution is -2.00. The Bertz CT molecular complexity index is 296. The van der Waals surface area contributed by atoms with Gasteiger partial charge in [-0.25, -0.2) is 9.78 Å². The van der Waals surface area contributed by atoms with E-state index in [0.717, 1.165) is 0 Å². The number of hydrogen-bond donors (Lipinski definition) is 0. The topological polar surface area (TPSA) is 52.1 Å². The van der Waals surface area contributed by atoms with Gasteiger partial charge in [0.2, 0.25) is 11.2 Å². The molecule has 6 heteroatoms. The Hall–Kier alpha value is -0.870. The number of carbonyl (C=O) groups is 1. The fraction of sp³-hybridized carbons (Fsp3) is 0.167. The number of halogens is 2. The normalized spacial score (nSPS) is 9.58. The molecule has 0 aliphatic heterocycles. The maximum atomic E-state index is 10.3. The van der Waals surface area contributed by atoms with Crippen LogP contribution in [0.5, 0.6) is 5.88 Å². The minimum Gasteiger partial charge on any atom is -0.395 e. The number of rotatable bonds is 1. The summed E-state index contributed by atoms with van der Waals surface area (Å²) in [5.41, 5.74) is -0.355. The average molecular weight is 207 g/mol. The fourth-order valence-electron chi connectivity index (χ4n) is 0.639. The van der Waals surface area contributed by atoms with Gasteiger partial charge in [0.25, 0.3) is 0 Å². The molecule has 1 aromatic rings. The quantitative estimate of drug-likeness (QED) is 0.523. The Balaban J connectivity index is 2.93. The number of aromatic nitrogens is 2. The SMILES string of the molecule is Cc1cc(OC(=O)Cl)nc(Cl)n1. The zero-order valence-corrected chi connectivity index (χ0v) is 7.56. The molecule has 1 heterocycles. The minimum absolute atomic E-state index is 0.0166. The highest BCUT2D eigenvalue weighted by Crippen LogP contribution is 2.12. The molecular weight excluding hydrogens is 203 g/mol. The van der Waals surface area contributed by atoms with Gasteiger partial charge in [0.1, 0.15) is 0 Å². The molecule has 0 aliphatic carbocycles. The first-order valence-electron chi connectivity index (χ1n) is 2.96. The van der Waals surface area contributed by atoms with Crippen molar-refractivity contribution in [2.75, 3.05) is 0 Å². The van der Waals surface area contributed by atoms with Gasteiger partial charge in [-0.15, -0.1) is 0 Å². The number of aryl methyl sites for hydroxylation is 1. The molecule has 4 nitrogen and oxygen atoms in total. The van der Waals surface area contributed by atoms with E-state index >= 15 is 0 Å². The molecule has 0 unspecified atom stereocenters. The van der Waals surface area contributed by atoms with Gasteiger partial charge in [-0.1, -0.05) is 0 Å². The largest absolute Gasteiger partial charge is 0.410 e. The molecule has 0 bridgehead atoms. The second-order valence-corrected chi connectivity index (χ2v) is 2.60. The van der Waals surface area contributed by atoms with Crippen molar-refractivity contribution in [3.63, 3.8) is 0 Å². The predicted octanol–water partition coefficient (Wildman–Crippen LogP) is 2.18. The summed E-state index contributed by atoms with van der Waals surface area (Å²) in [6.45, 7) is 1.69. The summed E-state index contributed by atoms with van der Waals surface area (Å²) >= 11 is 10.4. The molecule has 1 aromatic heterocycles. The minimum atomic E-state index is -0.954. The third-order valence-corrected chi connectivity index (χ3v) is 1.23. The van der Waals surface area contributed by atoms with Crippen molar-refractivity contribution < 1.29 is 9.53 Å². The van der Waals surface area contributed by atoms with Crippen molar-refractivity contribution >= 4 is 28.6 Å². The van der Waals surface area contributed by atoms with E-state index in [0.29, 0.717) is 5.69 Å². The summed E-state index contributed by atoms with van der Waals surface area (Å²) in [4.78, 5) is 17.6. The van der Waals surface area contributed by atoms with E-state index in [2.05, 4.69) is 14.7 Å². The van der Waals surface area contributed by atoms with E-state index in [1.165, 1.54) is 6.07 Å². The van der Waals surface area contributed by atoms with E-state index < -0.39 is 5.43 Å². The van der Waals surface area contributed by atoms with Crippen LogP contribution >= 0.6 is 23.2 Å². The van der Waals surface area contributed by atoms with Gasteiger partial charge in [0.15, 0.2) is 0 Å². The van der Waals surface area contributed by atoms with Crippen molar-refractivity contribution in [2.24, 2.45) is 0 Å². The van der Waals surface area contributed by atoms with Gasteiger partial charge < -0.3 is 4.74 Å². The van der Waals surface area contributed by atoms with E-state index in [4.69, 9.17) is 23.2 Å². The fourth-order valence-corrected chi connectivity index (χ4v) is 0.935. The van der Waals surface area contributed by atoms with Crippen LogP contribution in [-0.4, -0.2) is 15.4 Å². The molecule has 0 amide bonds. The third kappa shape index (κ3) is 2.64. The van der Waals surface area contributed by atoms with Crippen LogP contribution in [0.25, 0.3) is 0 Å². The lowest BCUT2D eigenvalue weighted by molar-refractivity contribution is 0.224. The van der Waals surface area contributed by atoms with Gasteiger partial charge in [0.05, 0.1) is 0 Å². The van der Waals surface area contributed by atoms with Gasteiger partial charge in [-0.3, -0.25) is 0 Å². The monoisotopic (exact) mass is 206 g/mol. The molecule has 0 saturated heterocycles. The standard InChI is InChI=1S/C6H4Cl2N2O2/c1-3-2-4(12-6(8)11)10-5(7)9-3/h2H,1H3. The van der Waals surface area contributed by atoms with Crippen molar-refractivity contribution in [2.45, 2.75) is 6.92 Å². The number of carbonyl (C=O) groups excluding carboxylic acids is 1. The average Bonchev–Trinajstić information content (AvgIpc) is 1.81. The van der Waals surface area contributed by atoms with Gasteiger partial charge in [-0.2, -0.15) is 4.98 Å². The van der Waals surface area contributed by atoms with Crippen molar-refractivity contribution in [1.82, 2.24) is 9.97 Å². The van der Waals surface area contributed by atoms with Crippen LogP contribution in [0.2, 0.25) is 5.28 Å². The first-order chi connectivity index (χ1) is 5.58. The summed E-state index contributed by atoms with van der Waals surface area (Å²) in [7, 11) is 0. The summed E-state index contributed by atoms with van der Waals surface area (Å²) in [5, 5.41) is 0.0166. The molecule has 0 aromatic carbocycles. The van der Waals surface area contributed by atoms with Crippen molar-refractivity contribution in [3.8, 4) is 5.88 Å². The maximum absolute atomic E-state index is 10.3. The summed E-state index contributed by atoms with van der Waals surface area (Å²) in [6.07, 6.45) is 0. The van der Waals surface area contributed by atoms with Gasteiger partial charge in [0, 0.05) is 23.4 Å². The molecule has 64 valence electrons. The molecule has 0 atom stereocenters. The van der Waals surface area contributed by atoms with Gasteiger partial charge in [-0.05, 0) is 18.5 Å². The van der Waals surface area contributed by atoms with Crippen LogP contribution in [-0.2, 0) is 0 Å². The van der Waals surface area contributed by atoms with Crippen LogP contribution in [0.4, 0.5) is 4.79 Å². The Morgan fingerprint density at radius 1 is 1.58 bits per heavy atom. The van der Waals surface area contributed by atoms with Crippen molar-refractivity contribution in [3.05, 3.63) is 17.0 Å². The summed E-state index contributed by atoms with van der Waals surface area (Å²) in [6, 6.07) is 1.45. The number of nitrogens with zero attached hydrogens (tertiary/aromatic N) is 2. The second-order valence-electron chi connectivity index (χ2n) is 1.96. The Morgan fingerprint density at radius 3 is 2.75 bits per heavy atom. The highest BCUT2D eigenvalue weighted by atomic mass is 35.5. The Kier molecular flexibility index (Phi) is 2.83. The molecule has 0 spiro atoms. The first kappa shape index (κ1) is 9.22. The molecular formula is C6H4Cl2N2O2.